The third-order valence-corrected chi connectivity index (χ3v) is 4.99. The molecule has 1 N–H and O–H groups in total. The smallest absolute Gasteiger partial charge is 0.339 e. The van der Waals surface area contributed by atoms with E-state index in [0.29, 0.717) is 5.69 Å². The molecule has 0 aliphatic rings. The molecule has 2 rings (SSSR count). The summed E-state index contributed by atoms with van der Waals surface area (Å²) in [6.07, 6.45) is -0.355. The minimum atomic E-state index is -3.85. The molecule has 0 fully saturated rings. The van der Waals surface area contributed by atoms with Gasteiger partial charge in [-0.15, -0.1) is 0 Å². The van der Waals surface area contributed by atoms with Gasteiger partial charge in [-0.2, -0.15) is 0 Å². The van der Waals surface area contributed by atoms with Crippen molar-refractivity contribution in [2.45, 2.75) is 24.8 Å². The average molecular weight is 406 g/mol. The number of anilines is 1. The standard InChI is InChI=1S/C18H18N2O7S/c1-11-6-4-5-7-14(11)19-17(21)12(2)27-18(22)13-8-9-16(28(3,25)26)15(10-13)20(23)24/h4-10,12H,1-3H3,(H,19,21)/t12-/m0/s1. The number of amides is 1. The average Bonchev–Trinajstić information content (AvgIpc) is 2.62. The minimum Gasteiger partial charge on any atom is -0.449 e. The highest BCUT2D eigenvalue weighted by atomic mass is 32.2. The van der Waals surface area contributed by atoms with E-state index in [1.54, 1.807) is 25.1 Å². The van der Waals surface area contributed by atoms with Crippen molar-refractivity contribution in [3.05, 3.63) is 63.7 Å². The lowest BCUT2D eigenvalue weighted by Gasteiger charge is -2.14. The molecule has 10 heteroatoms. The van der Waals surface area contributed by atoms with E-state index in [0.717, 1.165) is 30.0 Å². The number of ether oxygens (including phenoxy) is 1. The number of esters is 1. The number of hydrogen-bond acceptors (Lipinski definition) is 7. The van der Waals surface area contributed by atoms with Gasteiger partial charge in [0.05, 0.1) is 10.5 Å². The zero-order valence-electron chi connectivity index (χ0n) is 15.3. The van der Waals surface area contributed by atoms with Crippen LogP contribution in [0.15, 0.2) is 47.4 Å². The molecule has 0 heterocycles. The summed E-state index contributed by atoms with van der Waals surface area (Å²) >= 11 is 0. The van der Waals surface area contributed by atoms with Crippen molar-refractivity contribution in [1.82, 2.24) is 0 Å². The van der Waals surface area contributed by atoms with Crippen molar-refractivity contribution in [3.63, 3.8) is 0 Å². The molecule has 9 nitrogen and oxygen atoms in total. The zero-order valence-corrected chi connectivity index (χ0v) is 16.1. The Morgan fingerprint density at radius 2 is 1.82 bits per heavy atom. The van der Waals surface area contributed by atoms with E-state index in [9.17, 15) is 28.1 Å². The Morgan fingerprint density at radius 1 is 1.18 bits per heavy atom. The molecule has 2 aromatic rings. The molecule has 28 heavy (non-hydrogen) atoms. The van der Waals surface area contributed by atoms with E-state index < -0.39 is 43.3 Å². The Morgan fingerprint density at radius 3 is 2.39 bits per heavy atom. The second-order valence-electron chi connectivity index (χ2n) is 6.06. The van der Waals surface area contributed by atoms with Crippen LogP contribution in [0.5, 0.6) is 0 Å². The lowest BCUT2D eigenvalue weighted by atomic mass is 10.2. The highest BCUT2D eigenvalue weighted by molar-refractivity contribution is 7.90. The quantitative estimate of drug-likeness (QED) is 0.443. The fourth-order valence-electron chi connectivity index (χ4n) is 2.33. The number of nitrogens with one attached hydrogen (secondary N) is 1. The molecule has 148 valence electrons. The number of hydrogen-bond donors (Lipinski definition) is 1. The van der Waals surface area contributed by atoms with Gasteiger partial charge in [0.15, 0.2) is 15.9 Å². The van der Waals surface area contributed by atoms with Gasteiger partial charge in [0, 0.05) is 18.0 Å². The summed E-state index contributed by atoms with van der Waals surface area (Å²) in [7, 11) is -3.85. The SMILES string of the molecule is Cc1ccccc1NC(=O)[C@H](C)OC(=O)c1ccc(S(C)(=O)=O)c([N+](=O)[O-])c1. The van der Waals surface area contributed by atoms with Crippen LogP contribution in [0.3, 0.4) is 0 Å². The van der Waals surface area contributed by atoms with Crippen molar-refractivity contribution < 1.29 is 27.7 Å². The topological polar surface area (TPSA) is 133 Å². The molecule has 2 aromatic carbocycles. The summed E-state index contributed by atoms with van der Waals surface area (Å²) in [5, 5.41) is 13.8. The predicted octanol–water partition coefficient (Wildman–Crippen LogP) is 2.49. The number of rotatable bonds is 6. The van der Waals surface area contributed by atoms with Gasteiger partial charge in [0.1, 0.15) is 4.90 Å². The van der Waals surface area contributed by atoms with E-state index in [4.69, 9.17) is 4.74 Å². The molecule has 0 spiro atoms. The molecule has 0 aromatic heterocycles. The van der Waals surface area contributed by atoms with Crippen LogP contribution >= 0.6 is 0 Å². The van der Waals surface area contributed by atoms with Crippen molar-refractivity contribution in [2.75, 3.05) is 11.6 Å². The molecule has 0 unspecified atom stereocenters. The van der Waals surface area contributed by atoms with Crippen LogP contribution in [0.1, 0.15) is 22.8 Å². The summed E-state index contributed by atoms with van der Waals surface area (Å²) in [5.74, 6) is -1.57. The molecule has 0 saturated carbocycles. The molecular weight excluding hydrogens is 388 g/mol. The van der Waals surface area contributed by atoms with Crippen LogP contribution in [0.4, 0.5) is 11.4 Å². The Labute approximate surface area is 161 Å². The number of benzene rings is 2. The van der Waals surface area contributed by atoms with E-state index in [2.05, 4.69) is 5.32 Å². The first kappa shape index (κ1) is 21.0. The molecular formula is C18H18N2O7S. The van der Waals surface area contributed by atoms with Crippen LogP contribution in [0, 0.1) is 17.0 Å². The van der Waals surface area contributed by atoms with Crippen molar-refractivity contribution >= 4 is 33.1 Å². The number of nitrogens with zero attached hydrogens (tertiary/aromatic N) is 1. The highest BCUT2D eigenvalue weighted by Crippen LogP contribution is 2.25. The fourth-order valence-corrected chi connectivity index (χ4v) is 3.16. The third-order valence-electron chi connectivity index (χ3n) is 3.85. The lowest BCUT2D eigenvalue weighted by Crippen LogP contribution is -2.30. The van der Waals surface area contributed by atoms with Gasteiger partial charge < -0.3 is 10.1 Å². The first-order valence-electron chi connectivity index (χ1n) is 8.06. The first-order valence-corrected chi connectivity index (χ1v) is 9.96. The third kappa shape index (κ3) is 4.92. The van der Waals surface area contributed by atoms with Crippen LogP contribution in [0.2, 0.25) is 0 Å². The van der Waals surface area contributed by atoms with Gasteiger partial charge >= 0.3 is 5.97 Å². The molecule has 0 saturated heterocycles. The maximum atomic E-state index is 12.2. The number of sulfone groups is 1. The van der Waals surface area contributed by atoms with Crippen LogP contribution in [-0.2, 0) is 19.4 Å². The maximum Gasteiger partial charge on any atom is 0.339 e. The number of nitro groups is 1. The van der Waals surface area contributed by atoms with Crippen LogP contribution in [0.25, 0.3) is 0 Å². The van der Waals surface area contributed by atoms with Crippen LogP contribution in [-0.4, -0.2) is 37.6 Å². The van der Waals surface area contributed by atoms with Crippen molar-refractivity contribution in [1.29, 1.82) is 0 Å². The van der Waals surface area contributed by atoms with Gasteiger partial charge in [-0.3, -0.25) is 14.9 Å². The summed E-state index contributed by atoms with van der Waals surface area (Å²) in [6, 6.07) is 9.90. The maximum absolute atomic E-state index is 12.2. The normalized spacial score (nSPS) is 12.1. The van der Waals surface area contributed by atoms with Crippen LogP contribution < -0.4 is 5.32 Å². The summed E-state index contributed by atoms with van der Waals surface area (Å²) in [6.45, 7) is 3.15. The summed E-state index contributed by atoms with van der Waals surface area (Å²) in [4.78, 5) is 34.2. The van der Waals surface area contributed by atoms with Crippen molar-refractivity contribution in [3.8, 4) is 0 Å². The van der Waals surface area contributed by atoms with Gasteiger partial charge in [0.2, 0.25) is 0 Å². The number of carbonyl (C=O) groups excluding carboxylic acids is 2. The Kier molecular flexibility index (Phi) is 6.14. The fraction of sp³-hybridized carbons (Fsp3) is 0.222. The zero-order chi connectivity index (χ0) is 21.1. The number of nitro benzene ring substituents is 1. The largest absolute Gasteiger partial charge is 0.449 e. The van der Waals surface area contributed by atoms with Crippen molar-refractivity contribution in [2.24, 2.45) is 0 Å². The van der Waals surface area contributed by atoms with E-state index in [1.165, 1.54) is 6.92 Å². The molecule has 0 aliphatic carbocycles. The second-order valence-corrected chi connectivity index (χ2v) is 8.05. The monoisotopic (exact) mass is 406 g/mol. The molecule has 0 bridgehead atoms. The van der Waals surface area contributed by atoms with Gasteiger partial charge in [-0.1, -0.05) is 18.2 Å². The molecule has 1 amide bonds. The number of para-hydroxylation sites is 1. The Hall–Kier alpha value is -3.27. The molecule has 0 radical (unpaired) electrons. The minimum absolute atomic E-state index is 0.241. The Balaban J connectivity index is 2.18. The van der Waals surface area contributed by atoms with Gasteiger partial charge in [-0.05, 0) is 37.6 Å². The molecule has 1 atom stereocenters. The summed E-state index contributed by atoms with van der Waals surface area (Å²) in [5.41, 5.74) is 0.397. The van der Waals surface area contributed by atoms with E-state index in [1.807, 2.05) is 6.07 Å². The first-order chi connectivity index (χ1) is 13.0. The van der Waals surface area contributed by atoms with Gasteiger partial charge in [-0.25, -0.2) is 13.2 Å². The van der Waals surface area contributed by atoms with Gasteiger partial charge in [0.25, 0.3) is 11.6 Å². The molecule has 0 aliphatic heterocycles. The van der Waals surface area contributed by atoms with E-state index in [-0.39, 0.29) is 5.56 Å². The predicted molar refractivity (Wildman–Crippen MR) is 101 cm³/mol. The highest BCUT2D eigenvalue weighted by Gasteiger charge is 2.26. The summed E-state index contributed by atoms with van der Waals surface area (Å²) < 4.78 is 28.3. The number of aryl methyl sites for hydroxylation is 1. The second kappa shape index (κ2) is 8.17. The van der Waals surface area contributed by atoms with E-state index >= 15 is 0 Å². The lowest BCUT2D eigenvalue weighted by molar-refractivity contribution is -0.387. The number of carbonyl (C=O) groups is 2. The Bertz CT molecular complexity index is 1050.